The molecule has 1 aromatic carbocycles. The van der Waals surface area contributed by atoms with Crippen LogP contribution in [0, 0.1) is 6.92 Å². The molecular weight excluding hydrogens is 248 g/mol. The molecule has 0 radical (unpaired) electrons. The maximum Gasteiger partial charge on any atom is 0.240 e. The molecule has 3 rings (SSSR count). The highest BCUT2D eigenvalue weighted by Gasteiger charge is 2.34. The molecule has 2 heterocycles. The van der Waals surface area contributed by atoms with Crippen molar-refractivity contribution >= 4 is 5.91 Å². The fourth-order valence-corrected chi connectivity index (χ4v) is 3.58. The Bertz CT molecular complexity index is 480. The van der Waals surface area contributed by atoms with Gasteiger partial charge in [-0.2, -0.15) is 0 Å². The standard InChI is InChI=1S/C17H24N2O/c1-13-7-2-3-8-14(13)16-10-6-12-19(16)17(20)15-9-4-5-11-18-15/h2-3,7-8,15-16,18H,4-6,9-12H2,1H3. The van der Waals surface area contributed by atoms with E-state index in [0.717, 1.165) is 32.4 Å². The molecule has 0 saturated carbocycles. The summed E-state index contributed by atoms with van der Waals surface area (Å²) in [7, 11) is 0. The average molecular weight is 272 g/mol. The number of aryl methyl sites for hydroxylation is 1. The van der Waals surface area contributed by atoms with Crippen molar-refractivity contribution in [3.05, 3.63) is 35.4 Å². The molecule has 1 N–H and O–H groups in total. The molecule has 3 heteroatoms. The molecule has 108 valence electrons. The van der Waals surface area contributed by atoms with Gasteiger partial charge in [0.25, 0.3) is 0 Å². The Labute approximate surface area is 121 Å². The number of rotatable bonds is 2. The van der Waals surface area contributed by atoms with Crippen molar-refractivity contribution in [2.75, 3.05) is 13.1 Å². The molecule has 20 heavy (non-hydrogen) atoms. The van der Waals surface area contributed by atoms with Crippen molar-refractivity contribution < 1.29 is 4.79 Å². The van der Waals surface area contributed by atoms with E-state index < -0.39 is 0 Å². The molecule has 1 amide bonds. The third kappa shape index (κ3) is 2.59. The molecule has 0 aliphatic carbocycles. The van der Waals surface area contributed by atoms with E-state index in [2.05, 4.69) is 41.4 Å². The van der Waals surface area contributed by atoms with Crippen LogP contribution >= 0.6 is 0 Å². The lowest BCUT2D eigenvalue weighted by molar-refractivity contribution is -0.135. The minimum Gasteiger partial charge on any atom is -0.334 e. The van der Waals surface area contributed by atoms with E-state index in [4.69, 9.17) is 0 Å². The third-order valence-corrected chi connectivity index (χ3v) is 4.69. The molecule has 1 aromatic rings. The Morgan fingerprint density at radius 1 is 1.20 bits per heavy atom. The van der Waals surface area contributed by atoms with Crippen molar-refractivity contribution in [1.82, 2.24) is 10.2 Å². The van der Waals surface area contributed by atoms with Crippen LogP contribution in [0.5, 0.6) is 0 Å². The van der Waals surface area contributed by atoms with Crippen LogP contribution in [0.3, 0.4) is 0 Å². The van der Waals surface area contributed by atoms with Crippen LogP contribution in [0.2, 0.25) is 0 Å². The number of hydrogen-bond donors (Lipinski definition) is 1. The minimum absolute atomic E-state index is 0.0494. The number of carbonyl (C=O) groups is 1. The van der Waals surface area contributed by atoms with Crippen LogP contribution < -0.4 is 5.32 Å². The largest absolute Gasteiger partial charge is 0.334 e. The van der Waals surface area contributed by atoms with Crippen LogP contribution in [0.1, 0.15) is 49.3 Å². The normalized spacial score (nSPS) is 26.8. The Morgan fingerprint density at radius 2 is 2.05 bits per heavy atom. The number of nitrogens with one attached hydrogen (secondary N) is 1. The van der Waals surface area contributed by atoms with E-state index in [0.29, 0.717) is 5.91 Å². The van der Waals surface area contributed by atoms with Crippen molar-refractivity contribution in [2.45, 2.75) is 51.1 Å². The number of piperidine rings is 1. The Morgan fingerprint density at radius 3 is 2.80 bits per heavy atom. The fourth-order valence-electron chi connectivity index (χ4n) is 3.58. The van der Waals surface area contributed by atoms with Gasteiger partial charge in [-0.3, -0.25) is 4.79 Å². The SMILES string of the molecule is Cc1ccccc1C1CCCN1C(=O)C1CCCCN1. The number of likely N-dealkylation sites (tertiary alicyclic amines) is 1. The van der Waals surface area contributed by atoms with Crippen LogP contribution in [-0.2, 0) is 4.79 Å². The van der Waals surface area contributed by atoms with E-state index in [1.807, 2.05) is 0 Å². The summed E-state index contributed by atoms with van der Waals surface area (Å²) in [5, 5.41) is 3.39. The van der Waals surface area contributed by atoms with E-state index in [1.54, 1.807) is 0 Å². The van der Waals surface area contributed by atoms with Gasteiger partial charge in [0.1, 0.15) is 0 Å². The molecule has 2 atom stereocenters. The predicted octanol–water partition coefficient (Wildman–Crippen LogP) is 2.80. The maximum atomic E-state index is 12.8. The molecule has 2 aliphatic heterocycles. The summed E-state index contributed by atoms with van der Waals surface area (Å²) < 4.78 is 0. The second-order valence-electron chi connectivity index (χ2n) is 6.05. The molecular formula is C17H24N2O. The summed E-state index contributed by atoms with van der Waals surface area (Å²) in [6, 6.07) is 8.82. The second kappa shape index (κ2) is 5.96. The number of benzene rings is 1. The van der Waals surface area contributed by atoms with E-state index in [1.165, 1.54) is 24.0 Å². The average Bonchev–Trinajstić information content (AvgIpc) is 2.97. The van der Waals surface area contributed by atoms with Crippen molar-refractivity contribution in [1.29, 1.82) is 0 Å². The van der Waals surface area contributed by atoms with Crippen molar-refractivity contribution in [2.24, 2.45) is 0 Å². The van der Waals surface area contributed by atoms with Gasteiger partial charge in [-0.15, -0.1) is 0 Å². The Balaban J connectivity index is 1.78. The van der Waals surface area contributed by atoms with Crippen LogP contribution in [0.15, 0.2) is 24.3 Å². The topological polar surface area (TPSA) is 32.3 Å². The quantitative estimate of drug-likeness (QED) is 0.898. The summed E-state index contributed by atoms with van der Waals surface area (Å²) in [6.45, 7) is 4.05. The highest BCUT2D eigenvalue weighted by molar-refractivity contribution is 5.82. The van der Waals surface area contributed by atoms with Gasteiger partial charge in [-0.05, 0) is 50.3 Å². The summed E-state index contributed by atoms with van der Waals surface area (Å²) in [5.41, 5.74) is 2.63. The number of hydrogen-bond acceptors (Lipinski definition) is 2. The minimum atomic E-state index is 0.0494. The van der Waals surface area contributed by atoms with Crippen LogP contribution in [-0.4, -0.2) is 29.9 Å². The molecule has 2 fully saturated rings. The van der Waals surface area contributed by atoms with Gasteiger partial charge in [-0.25, -0.2) is 0 Å². The van der Waals surface area contributed by atoms with Crippen LogP contribution in [0.25, 0.3) is 0 Å². The first-order chi connectivity index (χ1) is 9.77. The summed E-state index contributed by atoms with van der Waals surface area (Å²) >= 11 is 0. The molecule has 2 aliphatic rings. The van der Waals surface area contributed by atoms with Crippen LogP contribution in [0.4, 0.5) is 0 Å². The molecule has 3 nitrogen and oxygen atoms in total. The second-order valence-corrected chi connectivity index (χ2v) is 6.05. The lowest BCUT2D eigenvalue weighted by atomic mass is 9.98. The fraction of sp³-hybridized carbons (Fsp3) is 0.588. The van der Waals surface area contributed by atoms with Crippen molar-refractivity contribution in [3.8, 4) is 0 Å². The predicted molar refractivity (Wildman–Crippen MR) is 80.5 cm³/mol. The zero-order valence-corrected chi connectivity index (χ0v) is 12.3. The monoisotopic (exact) mass is 272 g/mol. The lowest BCUT2D eigenvalue weighted by Gasteiger charge is -2.32. The van der Waals surface area contributed by atoms with E-state index in [-0.39, 0.29) is 12.1 Å². The first-order valence-corrected chi connectivity index (χ1v) is 7.87. The number of carbonyl (C=O) groups excluding carboxylic acids is 1. The number of nitrogens with zero attached hydrogens (tertiary/aromatic N) is 1. The smallest absolute Gasteiger partial charge is 0.240 e. The van der Waals surface area contributed by atoms with Gasteiger partial charge in [-0.1, -0.05) is 30.7 Å². The highest BCUT2D eigenvalue weighted by Crippen LogP contribution is 2.34. The highest BCUT2D eigenvalue weighted by atomic mass is 16.2. The first-order valence-electron chi connectivity index (χ1n) is 7.87. The van der Waals surface area contributed by atoms with Gasteiger partial charge in [0, 0.05) is 6.54 Å². The molecule has 0 bridgehead atoms. The van der Waals surface area contributed by atoms with E-state index in [9.17, 15) is 4.79 Å². The van der Waals surface area contributed by atoms with Crippen molar-refractivity contribution in [3.63, 3.8) is 0 Å². The van der Waals surface area contributed by atoms with E-state index >= 15 is 0 Å². The zero-order valence-electron chi connectivity index (χ0n) is 12.3. The molecule has 2 saturated heterocycles. The third-order valence-electron chi connectivity index (χ3n) is 4.69. The van der Waals surface area contributed by atoms with Gasteiger partial charge >= 0.3 is 0 Å². The summed E-state index contributed by atoms with van der Waals surface area (Å²) in [4.78, 5) is 14.9. The zero-order chi connectivity index (χ0) is 13.9. The summed E-state index contributed by atoms with van der Waals surface area (Å²) in [6.07, 6.45) is 5.59. The first kappa shape index (κ1) is 13.6. The Kier molecular flexibility index (Phi) is 4.06. The Hall–Kier alpha value is -1.35. The van der Waals surface area contributed by atoms with Gasteiger partial charge in [0.05, 0.1) is 12.1 Å². The maximum absolute atomic E-state index is 12.8. The molecule has 0 aromatic heterocycles. The van der Waals surface area contributed by atoms with Gasteiger partial charge in [0.2, 0.25) is 5.91 Å². The number of amides is 1. The lowest BCUT2D eigenvalue weighted by Crippen LogP contribution is -2.48. The van der Waals surface area contributed by atoms with Gasteiger partial charge < -0.3 is 10.2 Å². The molecule has 0 spiro atoms. The molecule has 2 unspecified atom stereocenters. The van der Waals surface area contributed by atoms with Gasteiger partial charge in [0.15, 0.2) is 0 Å². The summed E-state index contributed by atoms with van der Waals surface area (Å²) in [5.74, 6) is 0.315.